The average molecular weight is 474 g/mol. The smallest absolute Gasteiger partial charge is 0.280 e. The fourth-order valence-corrected chi connectivity index (χ4v) is 3.63. The average Bonchev–Trinajstić information content (AvgIpc) is 3.35. The molecule has 1 fully saturated rings. The zero-order valence-electron chi connectivity index (χ0n) is 17.6. The zero-order chi connectivity index (χ0) is 24.6. The Balaban J connectivity index is 1.43. The molecule has 4 atom stereocenters. The number of amides is 1. The maximum Gasteiger partial charge on any atom is 0.280 e. The first kappa shape index (κ1) is 23.1. The van der Waals surface area contributed by atoms with Gasteiger partial charge in [-0.2, -0.15) is 4.98 Å². The third-order valence-corrected chi connectivity index (χ3v) is 5.36. The van der Waals surface area contributed by atoms with Gasteiger partial charge in [-0.05, 0) is 6.08 Å². The molecule has 0 aliphatic carbocycles. The number of hydrogen-bond donors (Lipinski definition) is 7. The van der Waals surface area contributed by atoms with Crippen molar-refractivity contribution in [1.82, 2.24) is 24.8 Å². The number of fused-ring (bicyclic) bond motifs is 1. The van der Waals surface area contributed by atoms with E-state index in [1.165, 1.54) is 10.9 Å². The van der Waals surface area contributed by atoms with Crippen LogP contribution >= 0.6 is 0 Å². The highest BCUT2D eigenvalue weighted by Gasteiger charge is 2.44. The maximum absolute atomic E-state index is 12.0. The molecule has 0 saturated carbocycles. The van der Waals surface area contributed by atoms with Crippen LogP contribution in [0, 0.1) is 0 Å². The van der Waals surface area contributed by atoms with E-state index in [9.17, 15) is 29.4 Å². The van der Waals surface area contributed by atoms with Crippen LogP contribution in [0.1, 0.15) is 6.23 Å². The van der Waals surface area contributed by atoms with Crippen molar-refractivity contribution in [2.45, 2.75) is 24.5 Å². The molecule has 3 aromatic rings. The quantitative estimate of drug-likeness (QED) is 0.0921. The summed E-state index contributed by atoms with van der Waals surface area (Å²) < 4.78 is 7.02. The Bertz CT molecular complexity index is 1370. The Hall–Kier alpha value is -4.08. The van der Waals surface area contributed by atoms with E-state index >= 15 is 0 Å². The van der Waals surface area contributed by atoms with E-state index in [1.54, 1.807) is 0 Å². The van der Waals surface area contributed by atoms with Crippen molar-refractivity contribution >= 4 is 34.4 Å². The zero-order valence-corrected chi connectivity index (χ0v) is 17.6. The van der Waals surface area contributed by atoms with Crippen molar-refractivity contribution in [2.24, 2.45) is 0 Å². The largest absolute Gasteiger partial charge is 0.387 e. The van der Waals surface area contributed by atoms with E-state index in [0.717, 1.165) is 6.08 Å². The normalized spacial score (nSPS) is 22.2. The first-order valence-corrected chi connectivity index (χ1v) is 10.2. The predicted molar refractivity (Wildman–Crippen MR) is 120 cm³/mol. The Morgan fingerprint density at radius 2 is 1.91 bits per heavy atom. The fraction of sp³-hybridized carbons (Fsp3) is 0.368. The molecular weight excluding hydrogens is 452 g/mol. The van der Waals surface area contributed by atoms with Gasteiger partial charge in [-0.15, -0.1) is 0 Å². The lowest BCUT2D eigenvalue weighted by atomic mass is 10.1. The molecule has 0 bridgehead atoms. The van der Waals surface area contributed by atoms with E-state index in [-0.39, 0.29) is 54.0 Å². The highest BCUT2D eigenvalue weighted by molar-refractivity contribution is 5.86. The monoisotopic (exact) mass is 474 g/mol. The third kappa shape index (κ3) is 4.02. The number of aromatic amines is 1. The van der Waals surface area contributed by atoms with E-state index in [2.05, 4.69) is 37.5 Å². The SMILES string of the molecule is C=CC(=O)NCCNc1c(NC[C@H]2O[C@H](n3cnc4c(=O)[nH]c(N)nc43)[C@H](O)[C@@H]2O)c(=O)c1=O. The van der Waals surface area contributed by atoms with Gasteiger partial charge in [0.1, 0.15) is 29.7 Å². The highest BCUT2D eigenvalue weighted by Crippen LogP contribution is 2.31. The summed E-state index contributed by atoms with van der Waals surface area (Å²) in [6.07, 6.45) is -2.57. The van der Waals surface area contributed by atoms with Crippen LogP contribution in [-0.4, -0.2) is 73.6 Å². The van der Waals surface area contributed by atoms with Gasteiger partial charge in [0, 0.05) is 19.6 Å². The van der Waals surface area contributed by atoms with Crippen LogP contribution < -0.4 is 38.1 Å². The molecule has 15 nitrogen and oxygen atoms in total. The Labute approximate surface area is 190 Å². The minimum atomic E-state index is -1.41. The molecule has 0 unspecified atom stereocenters. The van der Waals surface area contributed by atoms with Gasteiger partial charge in [0.25, 0.3) is 16.4 Å². The van der Waals surface area contributed by atoms with Gasteiger partial charge < -0.3 is 36.6 Å². The van der Waals surface area contributed by atoms with Crippen molar-refractivity contribution in [3.63, 3.8) is 0 Å². The number of aliphatic hydroxyl groups excluding tert-OH is 2. The van der Waals surface area contributed by atoms with Crippen LogP contribution in [0.3, 0.4) is 0 Å². The van der Waals surface area contributed by atoms with Crippen molar-refractivity contribution < 1.29 is 19.7 Å². The second kappa shape index (κ2) is 9.05. The summed E-state index contributed by atoms with van der Waals surface area (Å²) in [7, 11) is 0. The second-order valence-corrected chi connectivity index (χ2v) is 7.53. The number of nitrogens with two attached hydrogens (primary N) is 1. The molecule has 8 N–H and O–H groups in total. The van der Waals surface area contributed by atoms with Gasteiger partial charge in [-0.3, -0.25) is 28.7 Å². The summed E-state index contributed by atoms with van der Waals surface area (Å²) in [5, 5.41) is 29.0. The molecule has 15 heteroatoms. The molecule has 1 amide bonds. The van der Waals surface area contributed by atoms with Crippen LogP contribution in [0.2, 0.25) is 0 Å². The summed E-state index contributed by atoms with van der Waals surface area (Å²) >= 11 is 0. The van der Waals surface area contributed by atoms with E-state index in [0.29, 0.717) is 0 Å². The number of nitrogens with zero attached hydrogens (tertiary/aromatic N) is 3. The number of nitrogens with one attached hydrogen (secondary N) is 4. The topological polar surface area (TPSA) is 227 Å². The summed E-state index contributed by atoms with van der Waals surface area (Å²) in [4.78, 5) is 57.2. The standard InChI is InChI=1S/C19H22N8O7/c1-2-8(28)21-3-4-22-9-10(14(31)13(9)30)23-5-7-12(29)15(32)18(34-7)27-6-24-11-16(27)25-19(20)26-17(11)33/h2,6-7,12,15,18,22-23,29,32H,1,3-5H2,(H,21,28)(H3,20,25,26,33)/t7-,12-,15-,18+/m1/s1. The molecule has 1 aromatic carbocycles. The molecule has 4 rings (SSSR count). The maximum atomic E-state index is 12.0. The van der Waals surface area contributed by atoms with Gasteiger partial charge in [0.05, 0.1) is 6.33 Å². The Morgan fingerprint density at radius 1 is 1.21 bits per heavy atom. The molecule has 3 heterocycles. The highest BCUT2D eigenvalue weighted by atomic mass is 16.6. The number of imidazole rings is 1. The number of aromatic nitrogens is 4. The number of aliphatic hydroxyl groups is 2. The molecule has 0 spiro atoms. The summed E-state index contributed by atoms with van der Waals surface area (Å²) in [6.45, 7) is 3.58. The van der Waals surface area contributed by atoms with E-state index < -0.39 is 41.0 Å². The minimum absolute atomic E-state index is 0.00263. The van der Waals surface area contributed by atoms with Gasteiger partial charge in [-0.1, -0.05) is 6.58 Å². The lowest BCUT2D eigenvalue weighted by Crippen LogP contribution is -2.41. The number of H-pyrrole nitrogens is 1. The Morgan fingerprint density at radius 3 is 2.62 bits per heavy atom. The number of ether oxygens (including phenoxy) is 1. The van der Waals surface area contributed by atoms with E-state index in [4.69, 9.17) is 10.5 Å². The van der Waals surface area contributed by atoms with Crippen molar-refractivity contribution in [2.75, 3.05) is 36.0 Å². The number of nitrogen functional groups attached to an aromatic ring is 1. The predicted octanol–water partition coefficient (Wildman–Crippen LogP) is -3.26. The lowest BCUT2D eigenvalue weighted by Gasteiger charge is -2.19. The number of hydrogen-bond acceptors (Lipinski definition) is 12. The van der Waals surface area contributed by atoms with Crippen molar-refractivity contribution in [3.8, 4) is 0 Å². The molecule has 1 saturated heterocycles. The third-order valence-electron chi connectivity index (χ3n) is 5.36. The molecule has 1 aliphatic rings. The molecule has 1 aliphatic heterocycles. The summed E-state index contributed by atoms with van der Waals surface area (Å²) in [5.41, 5.74) is 3.62. The van der Waals surface area contributed by atoms with Crippen LogP contribution in [-0.2, 0) is 9.53 Å². The van der Waals surface area contributed by atoms with Crippen LogP contribution in [0.25, 0.3) is 11.2 Å². The Kier molecular flexibility index (Phi) is 6.14. The first-order chi connectivity index (χ1) is 16.2. The number of carbonyl (C=O) groups excluding carboxylic acids is 1. The van der Waals surface area contributed by atoms with Crippen LogP contribution in [0.5, 0.6) is 0 Å². The van der Waals surface area contributed by atoms with Crippen LogP contribution in [0.4, 0.5) is 17.3 Å². The van der Waals surface area contributed by atoms with Gasteiger partial charge in [0.15, 0.2) is 17.4 Å². The molecule has 2 aromatic heterocycles. The summed E-state index contributed by atoms with van der Waals surface area (Å²) in [6, 6.07) is 0. The first-order valence-electron chi connectivity index (χ1n) is 10.2. The number of anilines is 3. The summed E-state index contributed by atoms with van der Waals surface area (Å²) in [5.74, 6) is -0.534. The fourth-order valence-electron chi connectivity index (χ4n) is 3.63. The molecule has 34 heavy (non-hydrogen) atoms. The van der Waals surface area contributed by atoms with Crippen molar-refractivity contribution in [3.05, 3.63) is 49.8 Å². The molecule has 180 valence electrons. The van der Waals surface area contributed by atoms with Crippen LogP contribution in [0.15, 0.2) is 33.4 Å². The molecular formula is C19H22N8O7. The van der Waals surface area contributed by atoms with Crippen molar-refractivity contribution in [1.29, 1.82) is 0 Å². The second-order valence-electron chi connectivity index (χ2n) is 7.53. The van der Waals surface area contributed by atoms with Gasteiger partial charge >= 0.3 is 0 Å². The lowest BCUT2D eigenvalue weighted by molar-refractivity contribution is -0.116. The number of rotatable bonds is 9. The minimum Gasteiger partial charge on any atom is -0.387 e. The van der Waals surface area contributed by atoms with E-state index in [1.807, 2.05) is 0 Å². The number of carbonyl (C=O) groups is 1. The molecule has 0 radical (unpaired) electrons. The van der Waals surface area contributed by atoms with Gasteiger partial charge in [-0.25, -0.2) is 4.98 Å². The van der Waals surface area contributed by atoms with Gasteiger partial charge in [0.2, 0.25) is 11.9 Å².